The Morgan fingerprint density at radius 1 is 1.16 bits per heavy atom. The van der Waals surface area contributed by atoms with E-state index in [0.29, 0.717) is 6.54 Å². The highest BCUT2D eigenvalue weighted by molar-refractivity contribution is 7.18. The molecule has 0 aliphatic carbocycles. The lowest BCUT2D eigenvalue weighted by Gasteiger charge is -2.34. The number of piperidine rings is 1. The summed E-state index contributed by atoms with van der Waals surface area (Å²) in [6.45, 7) is 0.647. The SMILES string of the molecule is Cn1c(=O)c2c(ncn2CC(=O)N2CCCC[C@H]2c2nc3ccccc3s2)n(C)c1=O. The van der Waals surface area contributed by atoms with E-state index >= 15 is 0 Å². The number of rotatable bonds is 3. The fourth-order valence-corrected chi connectivity index (χ4v) is 5.39. The zero-order chi connectivity index (χ0) is 21.7. The maximum atomic E-state index is 13.3. The number of carbonyl (C=O) groups excluding carboxylic acids is 1. The molecule has 4 heterocycles. The van der Waals surface area contributed by atoms with Gasteiger partial charge in [-0.2, -0.15) is 0 Å². The van der Waals surface area contributed by atoms with Crippen molar-refractivity contribution in [1.29, 1.82) is 0 Å². The Morgan fingerprint density at radius 2 is 1.97 bits per heavy atom. The molecule has 10 heteroatoms. The molecule has 1 aliphatic rings. The number of nitrogens with zero attached hydrogens (tertiary/aromatic N) is 6. The van der Waals surface area contributed by atoms with Crippen molar-refractivity contribution < 1.29 is 4.79 Å². The first-order valence-corrected chi connectivity index (χ1v) is 11.0. The van der Waals surface area contributed by atoms with Gasteiger partial charge in [-0.15, -0.1) is 11.3 Å². The molecule has 5 rings (SSSR count). The first-order valence-electron chi connectivity index (χ1n) is 10.2. The minimum Gasteiger partial charge on any atom is -0.332 e. The molecule has 1 aliphatic heterocycles. The highest BCUT2D eigenvalue weighted by atomic mass is 32.1. The Kier molecular flexibility index (Phi) is 4.73. The van der Waals surface area contributed by atoms with Crippen LogP contribution in [0.3, 0.4) is 0 Å². The van der Waals surface area contributed by atoms with Crippen LogP contribution in [-0.4, -0.2) is 41.0 Å². The van der Waals surface area contributed by atoms with E-state index < -0.39 is 11.2 Å². The highest BCUT2D eigenvalue weighted by Gasteiger charge is 2.31. The van der Waals surface area contributed by atoms with Crippen LogP contribution in [-0.2, 0) is 25.4 Å². The third-order valence-electron chi connectivity index (χ3n) is 5.94. The normalized spacial score (nSPS) is 17.0. The number of amides is 1. The van der Waals surface area contributed by atoms with Crippen LogP contribution in [0.5, 0.6) is 0 Å². The van der Waals surface area contributed by atoms with Crippen molar-refractivity contribution in [2.75, 3.05) is 6.54 Å². The molecule has 31 heavy (non-hydrogen) atoms. The smallest absolute Gasteiger partial charge is 0.332 e. The monoisotopic (exact) mass is 438 g/mol. The molecule has 0 saturated carbocycles. The van der Waals surface area contributed by atoms with Crippen LogP contribution in [0.1, 0.15) is 30.3 Å². The molecule has 160 valence electrons. The number of aryl methyl sites for hydroxylation is 1. The van der Waals surface area contributed by atoms with Gasteiger partial charge in [0.15, 0.2) is 11.2 Å². The summed E-state index contributed by atoms with van der Waals surface area (Å²) in [5, 5.41) is 0.947. The van der Waals surface area contributed by atoms with Crippen LogP contribution in [0.2, 0.25) is 0 Å². The average Bonchev–Trinajstić information content (AvgIpc) is 3.40. The van der Waals surface area contributed by atoms with Gasteiger partial charge in [0.25, 0.3) is 5.56 Å². The number of aromatic nitrogens is 5. The quantitative estimate of drug-likeness (QED) is 0.486. The van der Waals surface area contributed by atoms with Crippen molar-refractivity contribution in [3.63, 3.8) is 0 Å². The second kappa shape index (κ2) is 7.45. The van der Waals surface area contributed by atoms with Gasteiger partial charge in [-0.25, -0.2) is 14.8 Å². The zero-order valence-corrected chi connectivity index (χ0v) is 18.1. The number of imidazole rings is 1. The van der Waals surface area contributed by atoms with Crippen molar-refractivity contribution in [3.8, 4) is 0 Å². The molecule has 0 bridgehead atoms. The van der Waals surface area contributed by atoms with Crippen LogP contribution in [0.15, 0.2) is 40.2 Å². The Hall–Kier alpha value is -3.27. The van der Waals surface area contributed by atoms with Crippen LogP contribution in [0, 0.1) is 0 Å². The first kappa shape index (κ1) is 19.7. The van der Waals surface area contributed by atoms with Crippen LogP contribution in [0.4, 0.5) is 0 Å². The first-order chi connectivity index (χ1) is 15.0. The minimum absolute atomic E-state index is 0.00859. The topological polar surface area (TPSA) is 95.0 Å². The van der Waals surface area contributed by atoms with Crippen molar-refractivity contribution in [1.82, 2.24) is 28.6 Å². The van der Waals surface area contributed by atoms with E-state index in [0.717, 1.165) is 39.1 Å². The maximum Gasteiger partial charge on any atom is 0.332 e. The van der Waals surface area contributed by atoms with E-state index in [1.807, 2.05) is 29.2 Å². The van der Waals surface area contributed by atoms with E-state index in [1.165, 1.54) is 17.9 Å². The van der Waals surface area contributed by atoms with E-state index in [1.54, 1.807) is 23.0 Å². The fraction of sp³-hybridized carbons (Fsp3) is 0.381. The lowest BCUT2D eigenvalue weighted by atomic mass is 10.0. The van der Waals surface area contributed by atoms with Gasteiger partial charge in [-0.3, -0.25) is 18.7 Å². The molecule has 1 amide bonds. The Bertz CT molecular complexity index is 1400. The molecule has 0 unspecified atom stereocenters. The summed E-state index contributed by atoms with van der Waals surface area (Å²) in [7, 11) is 2.99. The number of carbonyl (C=O) groups is 1. The van der Waals surface area contributed by atoms with E-state index in [4.69, 9.17) is 4.98 Å². The molecular weight excluding hydrogens is 416 g/mol. The van der Waals surface area contributed by atoms with Gasteiger partial charge in [0.05, 0.1) is 22.6 Å². The van der Waals surface area contributed by atoms with Crippen molar-refractivity contribution in [3.05, 3.63) is 56.4 Å². The lowest BCUT2D eigenvalue weighted by molar-refractivity contribution is -0.135. The molecule has 9 nitrogen and oxygen atoms in total. The second-order valence-corrected chi connectivity index (χ2v) is 8.93. The third-order valence-corrected chi connectivity index (χ3v) is 7.08. The molecule has 0 radical (unpaired) electrons. The second-order valence-electron chi connectivity index (χ2n) is 7.87. The molecule has 1 aromatic carbocycles. The summed E-state index contributed by atoms with van der Waals surface area (Å²) >= 11 is 1.63. The summed E-state index contributed by atoms with van der Waals surface area (Å²) in [5.74, 6) is -0.0841. The summed E-state index contributed by atoms with van der Waals surface area (Å²) in [4.78, 5) is 49.0. The summed E-state index contributed by atoms with van der Waals surface area (Å²) in [6, 6.07) is 7.92. The number of benzene rings is 1. The number of hydrogen-bond acceptors (Lipinski definition) is 6. The predicted octanol–water partition coefficient (Wildman–Crippen LogP) is 1.80. The summed E-state index contributed by atoms with van der Waals surface area (Å²) < 4.78 is 5.02. The van der Waals surface area contributed by atoms with E-state index in [9.17, 15) is 14.4 Å². The number of fused-ring (bicyclic) bond motifs is 2. The Labute approximate surface area is 181 Å². The zero-order valence-electron chi connectivity index (χ0n) is 17.3. The van der Waals surface area contributed by atoms with Crippen molar-refractivity contribution in [2.24, 2.45) is 14.1 Å². The van der Waals surface area contributed by atoms with E-state index in [2.05, 4.69) is 4.98 Å². The highest BCUT2D eigenvalue weighted by Crippen LogP contribution is 2.35. The fourth-order valence-electron chi connectivity index (χ4n) is 4.27. The van der Waals surface area contributed by atoms with Gasteiger partial charge in [0.2, 0.25) is 5.91 Å². The molecule has 0 spiro atoms. The number of hydrogen-bond donors (Lipinski definition) is 0. The Balaban J connectivity index is 1.49. The molecule has 3 aromatic heterocycles. The standard InChI is InChI=1S/C21H22N6O3S/c1-24-18-17(20(29)25(2)21(24)30)26(12-22-18)11-16(28)27-10-6-5-8-14(27)19-23-13-7-3-4-9-15(13)31-19/h3-4,7,9,12,14H,5-6,8,10-11H2,1-2H3/t14-/m0/s1. The molecule has 1 fully saturated rings. The molecule has 1 saturated heterocycles. The molecule has 1 atom stereocenters. The van der Waals surface area contributed by atoms with Crippen molar-refractivity contribution >= 4 is 38.6 Å². The molecular formula is C21H22N6O3S. The minimum atomic E-state index is -0.454. The van der Waals surface area contributed by atoms with Gasteiger partial charge in [-0.1, -0.05) is 12.1 Å². The van der Waals surface area contributed by atoms with Crippen LogP contribution in [0.25, 0.3) is 21.4 Å². The third kappa shape index (κ3) is 3.18. The average molecular weight is 439 g/mol. The van der Waals surface area contributed by atoms with Gasteiger partial charge in [0, 0.05) is 20.6 Å². The van der Waals surface area contributed by atoms with E-state index in [-0.39, 0.29) is 29.7 Å². The summed E-state index contributed by atoms with van der Waals surface area (Å²) in [5.41, 5.74) is 0.588. The molecule has 4 aromatic rings. The predicted molar refractivity (Wildman–Crippen MR) is 118 cm³/mol. The maximum absolute atomic E-state index is 13.3. The van der Waals surface area contributed by atoms with Gasteiger partial charge in [-0.05, 0) is 31.4 Å². The lowest BCUT2D eigenvalue weighted by Crippen LogP contribution is -2.41. The number of para-hydroxylation sites is 1. The van der Waals surface area contributed by atoms with Gasteiger partial charge < -0.3 is 9.47 Å². The Morgan fingerprint density at radius 3 is 2.77 bits per heavy atom. The number of likely N-dealkylation sites (tertiary alicyclic amines) is 1. The van der Waals surface area contributed by atoms with Gasteiger partial charge in [0.1, 0.15) is 11.6 Å². The molecule has 0 N–H and O–H groups in total. The summed E-state index contributed by atoms with van der Waals surface area (Å²) in [6.07, 6.45) is 4.31. The largest absolute Gasteiger partial charge is 0.332 e. The van der Waals surface area contributed by atoms with Crippen LogP contribution >= 0.6 is 11.3 Å². The number of thiazole rings is 1. The van der Waals surface area contributed by atoms with Gasteiger partial charge >= 0.3 is 5.69 Å². The van der Waals surface area contributed by atoms with Crippen LogP contribution < -0.4 is 11.2 Å². The van der Waals surface area contributed by atoms with Crippen molar-refractivity contribution in [2.45, 2.75) is 31.8 Å².